The van der Waals surface area contributed by atoms with Crippen molar-refractivity contribution in [1.29, 1.82) is 0 Å². The van der Waals surface area contributed by atoms with E-state index in [2.05, 4.69) is 10.3 Å². The highest BCUT2D eigenvalue weighted by atomic mass is 32.1. The summed E-state index contributed by atoms with van der Waals surface area (Å²) in [5, 5.41) is 5.33. The smallest absolute Gasteiger partial charge is 0.346 e. The minimum Gasteiger partial charge on any atom is -0.496 e. The maximum atomic E-state index is 12.6. The number of aryl methyl sites for hydroxylation is 2. The van der Waals surface area contributed by atoms with Gasteiger partial charge in [-0.15, -0.1) is 11.3 Å². The van der Waals surface area contributed by atoms with Crippen molar-refractivity contribution in [2.75, 3.05) is 19.5 Å². The molecule has 0 aliphatic carbocycles. The van der Waals surface area contributed by atoms with Crippen molar-refractivity contribution in [3.8, 4) is 11.5 Å². The number of benzene rings is 2. The lowest BCUT2D eigenvalue weighted by Gasteiger charge is -2.11. The summed E-state index contributed by atoms with van der Waals surface area (Å²) >= 11 is 1.35. The zero-order valence-corrected chi connectivity index (χ0v) is 18.7. The normalized spacial score (nSPS) is 10.5. The molecule has 0 aliphatic heterocycles. The standard InChI is InChI=1S/C23H24N2O5S/c1-14-8-9-15(2)17(10-14)25-20(26)11-21-24-16(13-31-21)12-30-23(27)22-18(28-3)6-5-7-19(22)29-4/h5-10,13H,11-12H2,1-4H3,(H,25,26). The first-order chi connectivity index (χ1) is 14.9. The van der Waals surface area contributed by atoms with Crippen LogP contribution in [0.15, 0.2) is 41.8 Å². The second-order valence-electron chi connectivity index (χ2n) is 6.89. The van der Waals surface area contributed by atoms with Gasteiger partial charge in [0.15, 0.2) is 0 Å². The Morgan fingerprint density at radius 1 is 1.06 bits per heavy atom. The Hall–Kier alpha value is -3.39. The van der Waals surface area contributed by atoms with Gasteiger partial charge in [0.05, 0.1) is 26.3 Å². The van der Waals surface area contributed by atoms with Crippen LogP contribution in [0, 0.1) is 13.8 Å². The maximum absolute atomic E-state index is 12.6. The average Bonchev–Trinajstić information content (AvgIpc) is 3.20. The van der Waals surface area contributed by atoms with Crippen molar-refractivity contribution in [1.82, 2.24) is 4.98 Å². The average molecular weight is 441 g/mol. The first-order valence-corrected chi connectivity index (χ1v) is 10.5. The molecular formula is C23H24N2O5S. The molecule has 0 aliphatic rings. The molecule has 8 heteroatoms. The molecule has 0 bridgehead atoms. The van der Waals surface area contributed by atoms with Crippen LogP contribution in [0.3, 0.4) is 0 Å². The molecule has 7 nitrogen and oxygen atoms in total. The number of ether oxygens (including phenoxy) is 3. The fraction of sp³-hybridized carbons (Fsp3) is 0.261. The van der Waals surface area contributed by atoms with Crippen molar-refractivity contribution in [2.24, 2.45) is 0 Å². The summed E-state index contributed by atoms with van der Waals surface area (Å²) in [4.78, 5) is 29.3. The monoisotopic (exact) mass is 440 g/mol. The molecule has 1 amide bonds. The summed E-state index contributed by atoms with van der Waals surface area (Å²) in [7, 11) is 2.95. The van der Waals surface area contributed by atoms with Gasteiger partial charge in [-0.05, 0) is 43.2 Å². The molecule has 0 saturated carbocycles. The second kappa shape index (κ2) is 10.1. The predicted octanol–water partition coefficient (Wildman–Crippen LogP) is 4.32. The molecule has 0 fully saturated rings. The number of hydrogen-bond donors (Lipinski definition) is 1. The third-order valence-corrected chi connectivity index (χ3v) is 5.46. The molecule has 0 spiro atoms. The number of esters is 1. The first kappa shape index (κ1) is 22.3. The largest absolute Gasteiger partial charge is 0.496 e. The fourth-order valence-electron chi connectivity index (χ4n) is 2.96. The van der Waals surface area contributed by atoms with Crippen LogP contribution >= 0.6 is 11.3 Å². The Balaban J connectivity index is 1.60. The van der Waals surface area contributed by atoms with E-state index in [-0.39, 0.29) is 24.5 Å². The van der Waals surface area contributed by atoms with E-state index in [1.54, 1.807) is 23.6 Å². The predicted molar refractivity (Wildman–Crippen MR) is 119 cm³/mol. The van der Waals surface area contributed by atoms with E-state index in [0.29, 0.717) is 22.2 Å². The number of anilines is 1. The van der Waals surface area contributed by atoms with Gasteiger partial charge in [-0.3, -0.25) is 4.79 Å². The molecule has 1 aromatic heterocycles. The zero-order chi connectivity index (χ0) is 22.4. The van der Waals surface area contributed by atoms with Crippen molar-refractivity contribution < 1.29 is 23.8 Å². The van der Waals surface area contributed by atoms with Crippen molar-refractivity contribution >= 4 is 28.9 Å². The highest BCUT2D eigenvalue weighted by Crippen LogP contribution is 2.29. The topological polar surface area (TPSA) is 86.8 Å². The number of thiazole rings is 1. The molecule has 0 unspecified atom stereocenters. The highest BCUT2D eigenvalue weighted by Gasteiger charge is 2.20. The fourth-order valence-corrected chi connectivity index (χ4v) is 3.74. The number of amides is 1. The molecule has 0 atom stereocenters. The molecule has 2 aromatic carbocycles. The Labute approximate surface area is 185 Å². The lowest BCUT2D eigenvalue weighted by atomic mass is 10.1. The minimum absolute atomic E-state index is 0.0187. The third-order valence-electron chi connectivity index (χ3n) is 4.56. The summed E-state index contributed by atoms with van der Waals surface area (Å²) in [5.74, 6) is 0.0136. The molecule has 31 heavy (non-hydrogen) atoms. The Morgan fingerprint density at radius 3 is 2.45 bits per heavy atom. The number of nitrogens with one attached hydrogen (secondary N) is 1. The van der Waals surface area contributed by atoms with Gasteiger partial charge in [-0.1, -0.05) is 18.2 Å². The van der Waals surface area contributed by atoms with Crippen molar-refractivity contribution in [3.63, 3.8) is 0 Å². The van der Waals surface area contributed by atoms with E-state index in [0.717, 1.165) is 16.8 Å². The molecule has 1 N–H and O–H groups in total. The van der Waals surface area contributed by atoms with Crippen LogP contribution in [0.4, 0.5) is 5.69 Å². The van der Waals surface area contributed by atoms with E-state index in [1.165, 1.54) is 25.6 Å². The maximum Gasteiger partial charge on any atom is 0.346 e. The number of hydrogen-bond acceptors (Lipinski definition) is 7. The van der Waals surface area contributed by atoms with Gasteiger partial charge in [0.25, 0.3) is 0 Å². The van der Waals surface area contributed by atoms with Gasteiger partial charge in [0.1, 0.15) is 28.7 Å². The van der Waals surface area contributed by atoms with Gasteiger partial charge in [0.2, 0.25) is 5.91 Å². The molecular weight excluding hydrogens is 416 g/mol. The highest BCUT2D eigenvalue weighted by molar-refractivity contribution is 7.09. The molecule has 0 radical (unpaired) electrons. The first-order valence-electron chi connectivity index (χ1n) is 9.59. The van der Waals surface area contributed by atoms with Gasteiger partial charge in [-0.25, -0.2) is 9.78 Å². The molecule has 0 saturated heterocycles. The summed E-state index contributed by atoms with van der Waals surface area (Å²) in [5.41, 5.74) is 3.66. The van der Waals surface area contributed by atoms with E-state index in [9.17, 15) is 9.59 Å². The van der Waals surface area contributed by atoms with Crippen LogP contribution in [0.25, 0.3) is 0 Å². The Bertz CT molecular complexity index is 1070. The van der Waals surface area contributed by atoms with E-state index in [1.807, 2.05) is 32.0 Å². The molecule has 162 valence electrons. The number of methoxy groups -OCH3 is 2. The lowest BCUT2D eigenvalue weighted by molar-refractivity contribution is -0.115. The van der Waals surface area contributed by atoms with Gasteiger partial charge in [-0.2, -0.15) is 0 Å². The molecule has 3 rings (SSSR count). The SMILES string of the molecule is COc1cccc(OC)c1C(=O)OCc1csc(CC(=O)Nc2cc(C)ccc2C)n1. The van der Waals surface area contributed by atoms with Crippen molar-refractivity contribution in [3.05, 3.63) is 69.2 Å². The summed E-state index contributed by atoms with van der Waals surface area (Å²) in [6.07, 6.45) is 0.145. The third kappa shape index (κ3) is 5.61. The number of carbonyl (C=O) groups excluding carboxylic acids is 2. The van der Waals surface area contributed by atoms with Gasteiger partial charge >= 0.3 is 5.97 Å². The summed E-state index contributed by atoms with van der Waals surface area (Å²) in [6, 6.07) is 11.0. The van der Waals surface area contributed by atoms with E-state index in [4.69, 9.17) is 14.2 Å². The minimum atomic E-state index is -0.573. The van der Waals surface area contributed by atoms with Gasteiger partial charge in [0, 0.05) is 11.1 Å². The van der Waals surface area contributed by atoms with E-state index < -0.39 is 5.97 Å². The van der Waals surface area contributed by atoms with Crippen LogP contribution in [-0.2, 0) is 22.6 Å². The van der Waals surface area contributed by atoms with Crippen LogP contribution in [0.5, 0.6) is 11.5 Å². The van der Waals surface area contributed by atoms with Crippen LogP contribution in [0.1, 0.15) is 32.2 Å². The van der Waals surface area contributed by atoms with Crippen LogP contribution in [0.2, 0.25) is 0 Å². The lowest BCUT2D eigenvalue weighted by Crippen LogP contribution is -2.15. The Morgan fingerprint density at radius 2 is 1.77 bits per heavy atom. The Kier molecular flexibility index (Phi) is 7.25. The molecule has 1 heterocycles. The molecule has 3 aromatic rings. The summed E-state index contributed by atoms with van der Waals surface area (Å²) in [6.45, 7) is 3.90. The zero-order valence-electron chi connectivity index (χ0n) is 17.9. The number of aromatic nitrogens is 1. The van der Waals surface area contributed by atoms with Crippen molar-refractivity contribution in [2.45, 2.75) is 26.9 Å². The summed E-state index contributed by atoms with van der Waals surface area (Å²) < 4.78 is 15.9. The van der Waals surface area contributed by atoms with Gasteiger partial charge < -0.3 is 19.5 Å². The quantitative estimate of drug-likeness (QED) is 0.525. The van der Waals surface area contributed by atoms with E-state index >= 15 is 0 Å². The van der Waals surface area contributed by atoms with Crippen LogP contribution < -0.4 is 14.8 Å². The van der Waals surface area contributed by atoms with Crippen LogP contribution in [-0.4, -0.2) is 31.1 Å². The second-order valence-corrected chi connectivity index (χ2v) is 7.83. The number of nitrogens with zero attached hydrogens (tertiary/aromatic N) is 1. The number of carbonyl (C=O) groups is 2. The number of rotatable bonds is 8.